The summed E-state index contributed by atoms with van der Waals surface area (Å²) < 4.78 is 40.4. The van der Waals surface area contributed by atoms with E-state index in [1.807, 2.05) is 0 Å². The summed E-state index contributed by atoms with van der Waals surface area (Å²) in [5.41, 5.74) is -1.16. The van der Waals surface area contributed by atoms with Crippen LogP contribution in [-0.2, 0) is 22.7 Å². The largest absolute Gasteiger partial charge is 0.432 e. The van der Waals surface area contributed by atoms with Gasteiger partial charge in [0.15, 0.2) is 13.0 Å². The molecule has 0 bridgehead atoms. The fourth-order valence-corrected chi connectivity index (χ4v) is 2.06. The van der Waals surface area contributed by atoms with Crippen LogP contribution in [0, 0.1) is 0 Å². The number of nitrogens with zero attached hydrogens (tertiary/aromatic N) is 1. The molecular formula is C13H12F3NO3. The van der Waals surface area contributed by atoms with E-state index in [2.05, 4.69) is 4.89 Å². The molecule has 0 aliphatic carbocycles. The quantitative estimate of drug-likeness (QED) is 0.366. The number of benzene rings is 1. The second-order valence-electron chi connectivity index (χ2n) is 3.98. The Morgan fingerprint density at radius 3 is 2.55 bits per heavy atom. The number of rotatable bonds is 5. The van der Waals surface area contributed by atoms with E-state index in [1.54, 1.807) is 19.1 Å². The zero-order valence-corrected chi connectivity index (χ0v) is 10.6. The molecule has 2 rings (SSSR count). The van der Waals surface area contributed by atoms with Crippen LogP contribution in [0.3, 0.4) is 0 Å². The van der Waals surface area contributed by atoms with E-state index in [0.717, 1.165) is 4.57 Å². The Balaban J connectivity index is 2.64. The zero-order valence-electron chi connectivity index (χ0n) is 10.6. The highest BCUT2D eigenvalue weighted by Gasteiger charge is 2.39. The summed E-state index contributed by atoms with van der Waals surface area (Å²) in [6.07, 6.45) is -4.45. The fraction of sp³-hybridized carbons (Fsp3) is 0.308. The molecule has 1 aromatic heterocycles. The monoisotopic (exact) mass is 287 g/mol. The molecular weight excluding hydrogens is 275 g/mol. The topological polar surface area (TPSA) is 40.5 Å². The van der Waals surface area contributed by atoms with Gasteiger partial charge in [-0.3, -0.25) is 4.79 Å². The van der Waals surface area contributed by atoms with Crippen molar-refractivity contribution in [2.75, 3.05) is 6.61 Å². The SMILES string of the molecule is CCOOCn1c(C(F)(F)F)c(C=O)c2ccccc21. The number of fused-ring (bicyclic) bond motifs is 1. The molecule has 7 heteroatoms. The van der Waals surface area contributed by atoms with Crippen LogP contribution in [0.25, 0.3) is 10.9 Å². The maximum atomic E-state index is 13.2. The van der Waals surface area contributed by atoms with Gasteiger partial charge in [0.05, 0.1) is 17.7 Å². The van der Waals surface area contributed by atoms with Gasteiger partial charge >= 0.3 is 6.18 Å². The lowest BCUT2D eigenvalue weighted by Crippen LogP contribution is -2.17. The molecule has 0 saturated heterocycles. The Morgan fingerprint density at radius 1 is 1.25 bits per heavy atom. The lowest BCUT2D eigenvalue weighted by molar-refractivity contribution is -0.314. The molecule has 0 aliphatic rings. The lowest BCUT2D eigenvalue weighted by atomic mass is 10.1. The number of hydrogen-bond acceptors (Lipinski definition) is 3. The van der Waals surface area contributed by atoms with Crippen LogP contribution in [-0.4, -0.2) is 17.5 Å². The Kier molecular flexibility index (Phi) is 4.10. The van der Waals surface area contributed by atoms with Crippen molar-refractivity contribution < 1.29 is 27.7 Å². The Hall–Kier alpha value is -1.86. The molecule has 0 atom stereocenters. The molecule has 0 unspecified atom stereocenters. The molecule has 0 N–H and O–H groups in total. The Morgan fingerprint density at radius 2 is 1.95 bits per heavy atom. The summed E-state index contributed by atoms with van der Waals surface area (Å²) in [5, 5.41) is 0.231. The molecule has 2 aromatic rings. The van der Waals surface area contributed by atoms with Gasteiger partial charge in [0, 0.05) is 5.39 Å². The van der Waals surface area contributed by atoms with Crippen molar-refractivity contribution in [1.29, 1.82) is 0 Å². The highest BCUT2D eigenvalue weighted by molar-refractivity contribution is 5.99. The highest BCUT2D eigenvalue weighted by Crippen LogP contribution is 2.37. The van der Waals surface area contributed by atoms with Crippen LogP contribution in [0.1, 0.15) is 23.0 Å². The molecule has 0 saturated carbocycles. The van der Waals surface area contributed by atoms with Gasteiger partial charge in [0.1, 0.15) is 5.69 Å². The van der Waals surface area contributed by atoms with Crippen LogP contribution < -0.4 is 0 Å². The van der Waals surface area contributed by atoms with Crippen molar-refractivity contribution in [2.45, 2.75) is 19.8 Å². The first kappa shape index (κ1) is 14.5. The summed E-state index contributed by atoms with van der Waals surface area (Å²) in [6, 6.07) is 6.12. The summed E-state index contributed by atoms with van der Waals surface area (Å²) in [4.78, 5) is 20.4. The number of carbonyl (C=O) groups is 1. The molecule has 1 aromatic carbocycles. The van der Waals surface area contributed by atoms with Gasteiger partial charge in [-0.1, -0.05) is 18.2 Å². The van der Waals surface area contributed by atoms with Crippen LogP contribution in [0.2, 0.25) is 0 Å². The number of aromatic nitrogens is 1. The molecule has 0 aliphatic heterocycles. The number of alkyl halides is 3. The van der Waals surface area contributed by atoms with Gasteiger partial charge < -0.3 is 4.57 Å². The van der Waals surface area contributed by atoms with E-state index in [9.17, 15) is 18.0 Å². The number of carbonyl (C=O) groups excluding carboxylic acids is 1. The molecule has 1 heterocycles. The molecule has 108 valence electrons. The first-order chi connectivity index (χ1) is 9.50. The van der Waals surface area contributed by atoms with Gasteiger partial charge in [-0.05, 0) is 13.0 Å². The van der Waals surface area contributed by atoms with Gasteiger partial charge in [-0.15, -0.1) is 0 Å². The Bertz CT molecular complexity index is 619. The smallest absolute Gasteiger partial charge is 0.309 e. The van der Waals surface area contributed by atoms with Gasteiger partial charge in [0.25, 0.3) is 0 Å². The minimum atomic E-state index is -4.66. The van der Waals surface area contributed by atoms with Crippen LogP contribution in [0.5, 0.6) is 0 Å². The van der Waals surface area contributed by atoms with Crippen molar-refractivity contribution in [3.05, 3.63) is 35.5 Å². The molecule has 0 radical (unpaired) electrons. The van der Waals surface area contributed by atoms with Crippen LogP contribution >= 0.6 is 0 Å². The maximum Gasteiger partial charge on any atom is 0.432 e. The Labute approximate surface area is 112 Å². The second-order valence-corrected chi connectivity index (χ2v) is 3.98. The van der Waals surface area contributed by atoms with Crippen molar-refractivity contribution in [1.82, 2.24) is 4.57 Å². The second kappa shape index (κ2) is 5.64. The number of para-hydroxylation sites is 1. The highest BCUT2D eigenvalue weighted by atomic mass is 19.4. The third-order valence-electron chi connectivity index (χ3n) is 2.78. The van der Waals surface area contributed by atoms with E-state index < -0.39 is 24.2 Å². The molecule has 0 amide bonds. The van der Waals surface area contributed by atoms with E-state index in [1.165, 1.54) is 12.1 Å². The summed E-state index contributed by atoms with van der Waals surface area (Å²) >= 11 is 0. The third kappa shape index (κ3) is 2.54. The van der Waals surface area contributed by atoms with Crippen LogP contribution in [0.4, 0.5) is 13.2 Å². The van der Waals surface area contributed by atoms with E-state index in [4.69, 9.17) is 4.89 Å². The minimum absolute atomic E-state index is 0.209. The average molecular weight is 287 g/mol. The molecule has 0 fully saturated rings. The van der Waals surface area contributed by atoms with E-state index in [-0.39, 0.29) is 23.8 Å². The lowest BCUT2D eigenvalue weighted by Gasteiger charge is -2.13. The predicted octanol–water partition coefficient (Wildman–Crippen LogP) is 3.40. The molecule has 0 spiro atoms. The van der Waals surface area contributed by atoms with Gasteiger partial charge in [-0.2, -0.15) is 13.2 Å². The van der Waals surface area contributed by atoms with E-state index in [0.29, 0.717) is 0 Å². The maximum absolute atomic E-state index is 13.2. The summed E-state index contributed by atoms with van der Waals surface area (Å²) in [7, 11) is 0. The molecule has 4 nitrogen and oxygen atoms in total. The first-order valence-electron chi connectivity index (χ1n) is 5.88. The van der Waals surface area contributed by atoms with Crippen LogP contribution in [0.15, 0.2) is 24.3 Å². The average Bonchev–Trinajstić information content (AvgIpc) is 2.73. The third-order valence-corrected chi connectivity index (χ3v) is 2.78. The number of hydrogen-bond donors (Lipinski definition) is 0. The first-order valence-corrected chi connectivity index (χ1v) is 5.88. The van der Waals surface area contributed by atoms with Gasteiger partial charge in [0.2, 0.25) is 0 Å². The predicted molar refractivity (Wildman–Crippen MR) is 65.0 cm³/mol. The minimum Gasteiger partial charge on any atom is -0.309 e. The molecule has 20 heavy (non-hydrogen) atoms. The normalized spacial score (nSPS) is 12.0. The standard InChI is InChI=1S/C13H12F3NO3/c1-2-19-20-8-17-11-6-4-3-5-9(11)10(7-18)12(17)13(14,15)16/h3-7H,2,8H2,1H3. The van der Waals surface area contributed by atoms with Crippen molar-refractivity contribution >= 4 is 17.2 Å². The number of aldehydes is 1. The summed E-state index contributed by atoms with van der Waals surface area (Å²) in [5.74, 6) is 0. The summed E-state index contributed by atoms with van der Waals surface area (Å²) in [6.45, 7) is 1.41. The zero-order chi connectivity index (χ0) is 14.8. The van der Waals surface area contributed by atoms with Crippen molar-refractivity contribution in [3.8, 4) is 0 Å². The van der Waals surface area contributed by atoms with Crippen molar-refractivity contribution in [2.24, 2.45) is 0 Å². The van der Waals surface area contributed by atoms with E-state index >= 15 is 0 Å². The van der Waals surface area contributed by atoms with Gasteiger partial charge in [-0.25, -0.2) is 9.78 Å². The van der Waals surface area contributed by atoms with Crippen molar-refractivity contribution in [3.63, 3.8) is 0 Å². The fourth-order valence-electron chi connectivity index (χ4n) is 2.06. The number of halogens is 3.